The molecule has 2 unspecified atom stereocenters. The van der Waals surface area contributed by atoms with Gasteiger partial charge in [-0.25, -0.2) is 4.98 Å². The second-order valence-corrected chi connectivity index (χ2v) is 6.00. The van der Waals surface area contributed by atoms with Gasteiger partial charge >= 0.3 is 0 Å². The molecule has 3 fully saturated rings. The molecule has 5 nitrogen and oxygen atoms in total. The van der Waals surface area contributed by atoms with E-state index in [2.05, 4.69) is 15.2 Å². The Balaban J connectivity index is 1.60. The van der Waals surface area contributed by atoms with Crippen molar-refractivity contribution in [3.05, 3.63) is 23.9 Å². The van der Waals surface area contributed by atoms with Crippen LogP contribution in [0.25, 0.3) is 0 Å². The smallest absolute Gasteiger partial charge is 0.255 e. The monoisotopic (exact) mass is 273 g/mol. The highest BCUT2D eigenvalue weighted by molar-refractivity contribution is 5.95. The predicted molar refractivity (Wildman–Crippen MR) is 73.6 cm³/mol. The van der Waals surface area contributed by atoms with Crippen molar-refractivity contribution in [2.75, 3.05) is 20.2 Å². The summed E-state index contributed by atoms with van der Waals surface area (Å²) in [5, 5.41) is 3.47. The van der Waals surface area contributed by atoms with Crippen molar-refractivity contribution >= 4 is 5.91 Å². The Morgan fingerprint density at radius 3 is 2.55 bits per heavy atom. The van der Waals surface area contributed by atoms with Gasteiger partial charge in [-0.3, -0.25) is 4.79 Å². The molecule has 4 atom stereocenters. The SMILES string of the molecule is COc1ccc(C(=O)N2C3CCC2[C@@H]2CNC[C@H]32)cn1. The Hall–Kier alpha value is -1.62. The van der Waals surface area contributed by atoms with E-state index in [0.717, 1.165) is 25.9 Å². The average Bonchev–Trinajstić information content (AvgIpc) is 3.18. The van der Waals surface area contributed by atoms with Crippen LogP contribution in [-0.2, 0) is 0 Å². The number of nitrogens with zero attached hydrogens (tertiary/aromatic N) is 2. The molecule has 1 aromatic rings. The van der Waals surface area contributed by atoms with E-state index < -0.39 is 0 Å². The molecule has 4 rings (SSSR count). The van der Waals surface area contributed by atoms with Crippen molar-refractivity contribution in [3.8, 4) is 5.88 Å². The van der Waals surface area contributed by atoms with Crippen molar-refractivity contribution in [2.45, 2.75) is 24.9 Å². The minimum Gasteiger partial charge on any atom is -0.481 e. The number of methoxy groups -OCH3 is 1. The summed E-state index contributed by atoms with van der Waals surface area (Å²) in [6, 6.07) is 4.43. The van der Waals surface area contributed by atoms with E-state index in [9.17, 15) is 4.79 Å². The van der Waals surface area contributed by atoms with Crippen molar-refractivity contribution in [1.82, 2.24) is 15.2 Å². The van der Waals surface area contributed by atoms with E-state index in [1.54, 1.807) is 19.4 Å². The van der Waals surface area contributed by atoms with Crippen LogP contribution >= 0.6 is 0 Å². The molecule has 0 spiro atoms. The van der Waals surface area contributed by atoms with Crippen molar-refractivity contribution in [3.63, 3.8) is 0 Å². The van der Waals surface area contributed by atoms with Crippen LogP contribution in [0.5, 0.6) is 5.88 Å². The minimum atomic E-state index is 0.141. The number of carbonyl (C=O) groups is 1. The maximum absolute atomic E-state index is 12.8. The van der Waals surface area contributed by atoms with Gasteiger partial charge in [-0.15, -0.1) is 0 Å². The van der Waals surface area contributed by atoms with E-state index in [4.69, 9.17) is 4.74 Å². The number of amides is 1. The third kappa shape index (κ3) is 1.59. The molecule has 4 heterocycles. The molecular formula is C15H19N3O2. The Morgan fingerprint density at radius 1 is 1.30 bits per heavy atom. The fraction of sp³-hybridized carbons (Fsp3) is 0.600. The van der Waals surface area contributed by atoms with Gasteiger partial charge in [-0.05, 0) is 30.7 Å². The Bertz CT molecular complexity index is 512. The molecule has 5 heteroatoms. The topological polar surface area (TPSA) is 54.5 Å². The highest BCUT2D eigenvalue weighted by Gasteiger charge is 2.56. The third-order valence-corrected chi connectivity index (χ3v) is 5.20. The summed E-state index contributed by atoms with van der Waals surface area (Å²) in [5.41, 5.74) is 0.677. The summed E-state index contributed by atoms with van der Waals surface area (Å²) in [7, 11) is 1.58. The van der Waals surface area contributed by atoms with E-state index in [0.29, 0.717) is 35.4 Å². The summed E-state index contributed by atoms with van der Waals surface area (Å²) in [6.45, 7) is 2.13. The largest absolute Gasteiger partial charge is 0.481 e. The highest BCUT2D eigenvalue weighted by atomic mass is 16.5. The van der Waals surface area contributed by atoms with E-state index in [1.807, 2.05) is 6.07 Å². The van der Waals surface area contributed by atoms with Gasteiger partial charge in [0.1, 0.15) is 0 Å². The van der Waals surface area contributed by atoms with Gasteiger partial charge in [0.15, 0.2) is 0 Å². The predicted octanol–water partition coefficient (Wildman–Crippen LogP) is 0.913. The van der Waals surface area contributed by atoms with E-state index >= 15 is 0 Å². The third-order valence-electron chi connectivity index (χ3n) is 5.20. The number of ether oxygens (including phenoxy) is 1. The lowest BCUT2D eigenvalue weighted by atomic mass is 9.82. The van der Waals surface area contributed by atoms with Crippen molar-refractivity contribution in [2.24, 2.45) is 11.8 Å². The van der Waals surface area contributed by atoms with Crippen LogP contribution in [0.1, 0.15) is 23.2 Å². The normalized spacial score (nSPS) is 34.4. The molecule has 0 radical (unpaired) electrons. The van der Waals surface area contributed by atoms with Crippen molar-refractivity contribution < 1.29 is 9.53 Å². The minimum absolute atomic E-state index is 0.141. The molecule has 1 N–H and O–H groups in total. The van der Waals surface area contributed by atoms with Crippen LogP contribution < -0.4 is 10.1 Å². The van der Waals surface area contributed by atoms with Gasteiger partial charge in [-0.2, -0.15) is 0 Å². The van der Waals surface area contributed by atoms with Crippen LogP contribution in [-0.4, -0.2) is 48.1 Å². The quantitative estimate of drug-likeness (QED) is 0.870. The van der Waals surface area contributed by atoms with Crippen molar-refractivity contribution in [1.29, 1.82) is 0 Å². The van der Waals surface area contributed by atoms with Gasteiger partial charge in [0.25, 0.3) is 5.91 Å². The molecular weight excluding hydrogens is 254 g/mol. The molecule has 0 saturated carbocycles. The maximum atomic E-state index is 12.8. The first kappa shape index (κ1) is 12.1. The van der Waals surface area contributed by atoms with Crippen LogP contribution in [0.4, 0.5) is 0 Å². The number of carbonyl (C=O) groups excluding carboxylic acids is 1. The first-order valence-corrected chi connectivity index (χ1v) is 7.33. The first-order valence-electron chi connectivity index (χ1n) is 7.33. The zero-order valence-corrected chi connectivity index (χ0v) is 11.6. The number of aromatic nitrogens is 1. The molecule has 2 bridgehead atoms. The van der Waals surface area contributed by atoms with E-state index in [1.165, 1.54) is 0 Å². The van der Waals surface area contributed by atoms with Gasteiger partial charge < -0.3 is 15.0 Å². The lowest BCUT2D eigenvalue weighted by molar-refractivity contribution is 0.0709. The zero-order valence-electron chi connectivity index (χ0n) is 11.6. The molecule has 1 amide bonds. The number of hydrogen-bond donors (Lipinski definition) is 1. The highest BCUT2D eigenvalue weighted by Crippen LogP contribution is 2.47. The number of rotatable bonds is 2. The van der Waals surface area contributed by atoms with Crippen LogP contribution in [0.2, 0.25) is 0 Å². The Labute approximate surface area is 118 Å². The lowest BCUT2D eigenvalue weighted by Crippen LogP contribution is -2.39. The molecule has 0 aliphatic carbocycles. The molecule has 0 aromatic carbocycles. The summed E-state index contributed by atoms with van der Waals surface area (Å²) in [4.78, 5) is 19.1. The van der Waals surface area contributed by atoms with Gasteiger partial charge in [0, 0.05) is 37.4 Å². The van der Waals surface area contributed by atoms with Crippen LogP contribution in [0.3, 0.4) is 0 Å². The van der Waals surface area contributed by atoms with Crippen LogP contribution in [0, 0.1) is 11.8 Å². The number of fused-ring (bicyclic) bond motifs is 5. The summed E-state index contributed by atoms with van der Waals surface area (Å²) >= 11 is 0. The zero-order chi connectivity index (χ0) is 13.7. The fourth-order valence-corrected chi connectivity index (χ4v) is 4.35. The molecule has 1 aromatic heterocycles. The fourth-order valence-electron chi connectivity index (χ4n) is 4.35. The first-order chi connectivity index (χ1) is 9.79. The number of hydrogen-bond acceptors (Lipinski definition) is 4. The van der Waals surface area contributed by atoms with Gasteiger partial charge in [-0.1, -0.05) is 0 Å². The van der Waals surface area contributed by atoms with Crippen LogP contribution in [0.15, 0.2) is 18.3 Å². The molecule has 3 aliphatic heterocycles. The second-order valence-electron chi connectivity index (χ2n) is 6.00. The van der Waals surface area contributed by atoms with E-state index in [-0.39, 0.29) is 5.91 Å². The average molecular weight is 273 g/mol. The number of nitrogens with one attached hydrogen (secondary N) is 1. The molecule has 3 aliphatic rings. The summed E-state index contributed by atoms with van der Waals surface area (Å²) in [5.74, 6) is 2.00. The van der Waals surface area contributed by atoms with Gasteiger partial charge in [0.05, 0.1) is 12.7 Å². The molecule has 3 saturated heterocycles. The molecule has 106 valence electrons. The summed E-state index contributed by atoms with van der Waals surface area (Å²) in [6.07, 6.45) is 3.94. The second kappa shape index (κ2) is 4.45. The maximum Gasteiger partial charge on any atom is 0.255 e. The summed E-state index contributed by atoms with van der Waals surface area (Å²) < 4.78 is 5.05. The Kier molecular flexibility index (Phi) is 2.70. The number of pyridine rings is 1. The lowest BCUT2D eigenvalue weighted by Gasteiger charge is -2.24. The Morgan fingerprint density at radius 2 is 2.00 bits per heavy atom. The standard InChI is InChI=1S/C15H19N3O2/c1-20-14-5-2-9(6-17-14)15(19)18-12-3-4-13(18)11-8-16-7-10(11)12/h2,5-6,10-13,16H,3-4,7-8H2,1H3/t10-,11+,12?,13?. The van der Waals surface area contributed by atoms with Gasteiger partial charge in [0.2, 0.25) is 5.88 Å². The molecule has 20 heavy (non-hydrogen) atoms.